The molecule has 1 unspecified atom stereocenters. The lowest BCUT2D eigenvalue weighted by molar-refractivity contribution is 0.204. The molecule has 0 amide bonds. The van der Waals surface area contributed by atoms with Gasteiger partial charge in [0.15, 0.2) is 0 Å². The predicted octanol–water partition coefficient (Wildman–Crippen LogP) is 3.46. The third-order valence-corrected chi connectivity index (χ3v) is 4.52. The minimum atomic E-state index is 0.267. The number of rotatable bonds is 3. The van der Waals surface area contributed by atoms with Crippen molar-refractivity contribution in [2.45, 2.75) is 19.1 Å². The van der Waals surface area contributed by atoms with Gasteiger partial charge < -0.3 is 5.73 Å². The first kappa shape index (κ1) is 12.9. The molecule has 2 nitrogen and oxygen atoms in total. The van der Waals surface area contributed by atoms with Gasteiger partial charge in [0.1, 0.15) is 0 Å². The molecule has 19 heavy (non-hydrogen) atoms. The van der Waals surface area contributed by atoms with Crippen molar-refractivity contribution in [3.63, 3.8) is 0 Å². The maximum absolute atomic E-state index is 6.03. The molecule has 0 fully saturated rings. The molecule has 1 atom stereocenters. The highest BCUT2D eigenvalue weighted by atomic mass is 79.9. The van der Waals surface area contributed by atoms with E-state index in [-0.39, 0.29) is 6.04 Å². The molecule has 0 radical (unpaired) electrons. The first-order valence-corrected chi connectivity index (χ1v) is 7.34. The second-order valence-electron chi connectivity index (χ2n) is 4.95. The van der Waals surface area contributed by atoms with E-state index in [1.54, 1.807) is 0 Å². The molecule has 2 aromatic carbocycles. The van der Waals surface area contributed by atoms with Gasteiger partial charge in [-0.1, -0.05) is 58.4 Å². The normalized spacial score (nSPS) is 16.3. The average Bonchev–Trinajstić information content (AvgIpc) is 2.85. The minimum absolute atomic E-state index is 0.267. The van der Waals surface area contributed by atoms with Crippen molar-refractivity contribution < 1.29 is 0 Å². The quantitative estimate of drug-likeness (QED) is 0.939. The van der Waals surface area contributed by atoms with Gasteiger partial charge in [-0.25, -0.2) is 0 Å². The fourth-order valence-electron chi connectivity index (χ4n) is 2.80. The Kier molecular flexibility index (Phi) is 3.69. The summed E-state index contributed by atoms with van der Waals surface area (Å²) in [7, 11) is 0. The molecule has 0 bridgehead atoms. The highest BCUT2D eigenvalue weighted by Crippen LogP contribution is 2.33. The Bertz CT molecular complexity index is 557. The van der Waals surface area contributed by atoms with Crippen molar-refractivity contribution in [2.24, 2.45) is 5.73 Å². The van der Waals surface area contributed by atoms with Crippen molar-refractivity contribution in [3.8, 4) is 0 Å². The smallest absolute Gasteiger partial charge is 0.0488 e. The Balaban J connectivity index is 1.88. The van der Waals surface area contributed by atoms with Crippen LogP contribution in [-0.4, -0.2) is 11.4 Å². The molecule has 1 aliphatic heterocycles. The summed E-state index contributed by atoms with van der Waals surface area (Å²) >= 11 is 3.64. The molecular formula is C16H17BrN2. The zero-order valence-corrected chi connectivity index (χ0v) is 12.3. The van der Waals surface area contributed by atoms with Crippen LogP contribution in [0.2, 0.25) is 0 Å². The van der Waals surface area contributed by atoms with Crippen molar-refractivity contribution in [3.05, 3.63) is 69.7 Å². The van der Waals surface area contributed by atoms with Crippen LogP contribution in [0, 0.1) is 0 Å². The Labute approximate surface area is 122 Å². The zero-order valence-electron chi connectivity index (χ0n) is 10.7. The summed E-state index contributed by atoms with van der Waals surface area (Å²) in [6.07, 6.45) is 0. The summed E-state index contributed by atoms with van der Waals surface area (Å²) < 4.78 is 1.14. The fraction of sp³-hybridized carbons (Fsp3) is 0.250. The lowest BCUT2D eigenvalue weighted by Gasteiger charge is -2.27. The second-order valence-corrected chi connectivity index (χ2v) is 5.80. The molecule has 2 aromatic rings. The lowest BCUT2D eigenvalue weighted by Crippen LogP contribution is -2.29. The van der Waals surface area contributed by atoms with Gasteiger partial charge in [0.25, 0.3) is 0 Å². The highest BCUT2D eigenvalue weighted by Gasteiger charge is 2.26. The molecule has 1 aliphatic rings. The number of hydrogen-bond donors (Lipinski definition) is 1. The van der Waals surface area contributed by atoms with Crippen molar-refractivity contribution in [2.75, 3.05) is 6.54 Å². The topological polar surface area (TPSA) is 29.3 Å². The molecule has 0 spiro atoms. The van der Waals surface area contributed by atoms with Gasteiger partial charge in [0.2, 0.25) is 0 Å². The van der Waals surface area contributed by atoms with E-state index in [0.29, 0.717) is 6.54 Å². The first-order valence-electron chi connectivity index (χ1n) is 6.55. The van der Waals surface area contributed by atoms with Crippen LogP contribution < -0.4 is 5.73 Å². The van der Waals surface area contributed by atoms with Gasteiger partial charge in [-0.05, 0) is 22.8 Å². The third kappa shape index (κ3) is 2.46. The van der Waals surface area contributed by atoms with Crippen LogP contribution in [0.5, 0.6) is 0 Å². The largest absolute Gasteiger partial charge is 0.329 e. The van der Waals surface area contributed by atoms with Gasteiger partial charge in [0.05, 0.1) is 0 Å². The van der Waals surface area contributed by atoms with E-state index in [9.17, 15) is 0 Å². The Morgan fingerprint density at radius 3 is 2.16 bits per heavy atom. The van der Waals surface area contributed by atoms with Crippen LogP contribution in [0.4, 0.5) is 0 Å². The SMILES string of the molecule is NCC(c1ccccc1Br)N1Cc2ccccc2C1. The van der Waals surface area contributed by atoms with Gasteiger partial charge in [-0.3, -0.25) is 4.90 Å². The maximum Gasteiger partial charge on any atom is 0.0488 e. The standard InChI is InChI=1S/C16H17BrN2/c17-15-8-4-3-7-14(15)16(9-18)19-10-12-5-1-2-6-13(12)11-19/h1-8,16H,9-11,18H2. The molecule has 98 valence electrons. The van der Waals surface area contributed by atoms with Crippen LogP contribution >= 0.6 is 15.9 Å². The van der Waals surface area contributed by atoms with Crippen molar-refractivity contribution in [1.82, 2.24) is 4.90 Å². The van der Waals surface area contributed by atoms with Gasteiger partial charge >= 0.3 is 0 Å². The summed E-state index contributed by atoms with van der Waals surface area (Å²) in [4.78, 5) is 2.45. The molecule has 0 saturated heterocycles. The lowest BCUT2D eigenvalue weighted by atomic mass is 10.1. The van der Waals surface area contributed by atoms with Gasteiger partial charge in [-0.15, -0.1) is 0 Å². The third-order valence-electron chi connectivity index (χ3n) is 3.79. The maximum atomic E-state index is 6.03. The van der Waals surface area contributed by atoms with Crippen LogP contribution in [0.25, 0.3) is 0 Å². The molecule has 3 rings (SSSR count). The van der Waals surface area contributed by atoms with E-state index in [0.717, 1.165) is 17.6 Å². The number of nitrogens with zero attached hydrogens (tertiary/aromatic N) is 1. The van der Waals surface area contributed by atoms with Crippen LogP contribution in [0.1, 0.15) is 22.7 Å². The number of halogens is 1. The molecule has 2 N–H and O–H groups in total. The molecular weight excluding hydrogens is 300 g/mol. The van der Waals surface area contributed by atoms with Crippen LogP contribution in [-0.2, 0) is 13.1 Å². The fourth-order valence-corrected chi connectivity index (χ4v) is 3.35. The zero-order chi connectivity index (χ0) is 13.2. The van der Waals surface area contributed by atoms with E-state index in [2.05, 4.69) is 63.3 Å². The summed E-state index contributed by atoms with van der Waals surface area (Å²) in [6, 6.07) is 17.3. The minimum Gasteiger partial charge on any atom is -0.329 e. The van der Waals surface area contributed by atoms with E-state index in [4.69, 9.17) is 5.73 Å². The monoisotopic (exact) mass is 316 g/mol. The molecule has 3 heteroatoms. The van der Waals surface area contributed by atoms with E-state index >= 15 is 0 Å². The predicted molar refractivity (Wildman–Crippen MR) is 81.6 cm³/mol. The highest BCUT2D eigenvalue weighted by molar-refractivity contribution is 9.10. The number of benzene rings is 2. The van der Waals surface area contributed by atoms with Gasteiger partial charge in [-0.2, -0.15) is 0 Å². The Morgan fingerprint density at radius 1 is 1.00 bits per heavy atom. The molecule has 0 aliphatic carbocycles. The molecule has 1 heterocycles. The summed E-state index contributed by atoms with van der Waals surface area (Å²) in [5, 5.41) is 0. The Morgan fingerprint density at radius 2 is 1.58 bits per heavy atom. The number of nitrogens with two attached hydrogens (primary N) is 1. The average molecular weight is 317 g/mol. The summed E-state index contributed by atoms with van der Waals surface area (Å²) in [5.41, 5.74) is 10.1. The van der Waals surface area contributed by atoms with Crippen molar-refractivity contribution in [1.29, 1.82) is 0 Å². The van der Waals surface area contributed by atoms with Gasteiger partial charge in [0, 0.05) is 30.1 Å². The second kappa shape index (κ2) is 5.45. The van der Waals surface area contributed by atoms with E-state index in [1.165, 1.54) is 16.7 Å². The number of fused-ring (bicyclic) bond motifs is 1. The summed E-state index contributed by atoms with van der Waals surface area (Å²) in [6.45, 7) is 2.61. The Hall–Kier alpha value is -1.16. The van der Waals surface area contributed by atoms with Crippen molar-refractivity contribution >= 4 is 15.9 Å². The van der Waals surface area contributed by atoms with Crippen LogP contribution in [0.15, 0.2) is 53.0 Å². The first-order chi connectivity index (χ1) is 9.29. The molecule has 0 aromatic heterocycles. The van der Waals surface area contributed by atoms with Crippen LogP contribution in [0.3, 0.4) is 0 Å². The molecule has 0 saturated carbocycles. The van der Waals surface area contributed by atoms with E-state index in [1.807, 2.05) is 6.07 Å². The van der Waals surface area contributed by atoms with E-state index < -0.39 is 0 Å². The number of hydrogen-bond acceptors (Lipinski definition) is 2. The summed E-state index contributed by atoms with van der Waals surface area (Å²) in [5.74, 6) is 0.